The number of benzene rings is 2. The minimum atomic E-state index is -0.213. The topological polar surface area (TPSA) is 0 Å². The average molecular weight is 328 g/mol. The molecule has 0 N–H and O–H groups in total. The van der Waals surface area contributed by atoms with Gasteiger partial charge in [-0.25, -0.2) is 4.39 Å². The molecule has 0 aliphatic heterocycles. The largest absolute Gasteiger partial charge is 0.207 e. The predicted octanol–water partition coefficient (Wildman–Crippen LogP) is 5.15. The molecule has 1 unspecified atom stereocenters. The summed E-state index contributed by atoms with van der Waals surface area (Å²) in [5.74, 6) is 0.390. The van der Waals surface area contributed by atoms with Gasteiger partial charge in [0.2, 0.25) is 0 Å². The van der Waals surface area contributed by atoms with Crippen molar-refractivity contribution in [1.29, 1.82) is 0 Å². The Morgan fingerprint density at radius 3 is 2.56 bits per heavy atom. The number of hydrogen-bond acceptors (Lipinski definition) is 0. The second-order valence-corrected chi connectivity index (χ2v) is 5.36. The smallest absolute Gasteiger partial charge is 0.123 e. The molecule has 0 nitrogen and oxygen atoms in total. The van der Waals surface area contributed by atoms with Gasteiger partial charge in [-0.3, -0.25) is 0 Å². The van der Waals surface area contributed by atoms with E-state index in [1.165, 1.54) is 11.6 Å². The Morgan fingerprint density at radius 1 is 1.11 bits per heavy atom. The van der Waals surface area contributed by atoms with E-state index in [0.29, 0.717) is 5.88 Å². The maximum absolute atomic E-state index is 13.2. The van der Waals surface area contributed by atoms with Crippen LogP contribution in [-0.4, -0.2) is 5.88 Å². The molecule has 1 atom stereocenters. The minimum Gasteiger partial charge on any atom is -0.207 e. The van der Waals surface area contributed by atoms with Gasteiger partial charge in [0, 0.05) is 16.3 Å². The highest BCUT2D eigenvalue weighted by molar-refractivity contribution is 9.10. The van der Waals surface area contributed by atoms with Crippen molar-refractivity contribution in [2.45, 2.75) is 12.3 Å². The van der Waals surface area contributed by atoms with Crippen molar-refractivity contribution in [2.24, 2.45) is 0 Å². The predicted molar refractivity (Wildman–Crippen MR) is 77.7 cm³/mol. The Bertz CT molecular complexity index is 527. The lowest BCUT2D eigenvalue weighted by Crippen LogP contribution is -2.05. The fourth-order valence-corrected chi connectivity index (χ4v) is 2.69. The number of alkyl halides is 1. The zero-order valence-electron chi connectivity index (χ0n) is 9.74. The lowest BCUT2D eigenvalue weighted by atomic mass is 9.93. The first-order valence-corrected chi connectivity index (χ1v) is 7.08. The Kier molecular flexibility index (Phi) is 4.79. The van der Waals surface area contributed by atoms with Gasteiger partial charge in [0.15, 0.2) is 0 Å². The van der Waals surface area contributed by atoms with Crippen LogP contribution in [0.1, 0.15) is 17.0 Å². The fourth-order valence-electron chi connectivity index (χ4n) is 1.95. The molecule has 18 heavy (non-hydrogen) atoms. The van der Waals surface area contributed by atoms with Gasteiger partial charge in [-0.1, -0.05) is 46.3 Å². The van der Waals surface area contributed by atoms with Crippen molar-refractivity contribution in [3.63, 3.8) is 0 Å². The fraction of sp³-hybridized carbons (Fsp3) is 0.200. The molecular weight excluding hydrogens is 315 g/mol. The maximum Gasteiger partial charge on any atom is 0.123 e. The summed E-state index contributed by atoms with van der Waals surface area (Å²) >= 11 is 9.54. The van der Waals surface area contributed by atoms with E-state index in [1.807, 2.05) is 24.3 Å². The molecule has 0 spiro atoms. The Morgan fingerprint density at radius 2 is 1.89 bits per heavy atom. The third kappa shape index (κ3) is 3.33. The molecule has 2 rings (SSSR count). The van der Waals surface area contributed by atoms with Crippen LogP contribution in [0.5, 0.6) is 0 Å². The van der Waals surface area contributed by atoms with E-state index in [4.69, 9.17) is 11.6 Å². The van der Waals surface area contributed by atoms with Gasteiger partial charge in [0.1, 0.15) is 5.82 Å². The first-order valence-electron chi connectivity index (χ1n) is 5.75. The molecule has 2 aromatic rings. The number of rotatable bonds is 4. The summed E-state index contributed by atoms with van der Waals surface area (Å²) in [6.45, 7) is 0. The molecule has 0 aromatic heterocycles. The molecule has 0 aliphatic rings. The summed E-state index contributed by atoms with van der Waals surface area (Å²) in [6, 6.07) is 14.7. The van der Waals surface area contributed by atoms with Gasteiger partial charge in [-0.15, -0.1) is 11.6 Å². The lowest BCUT2D eigenvalue weighted by molar-refractivity contribution is 0.621. The second kappa shape index (κ2) is 6.35. The molecule has 0 radical (unpaired) electrons. The monoisotopic (exact) mass is 326 g/mol. The van der Waals surface area contributed by atoms with Gasteiger partial charge in [0.05, 0.1) is 0 Å². The summed E-state index contributed by atoms with van der Waals surface area (Å²) in [6.07, 6.45) is 0.800. The molecular formula is C15H13BrClF. The third-order valence-corrected chi connectivity index (χ3v) is 4.08. The standard InChI is InChI=1S/C15H13BrClF/c16-15-7-2-1-4-12(15)8-13(10-17)11-5-3-6-14(18)9-11/h1-7,9,13H,8,10H2. The maximum atomic E-state index is 13.2. The van der Waals surface area contributed by atoms with Crippen molar-refractivity contribution in [3.8, 4) is 0 Å². The van der Waals surface area contributed by atoms with Crippen LogP contribution in [0.15, 0.2) is 53.0 Å². The Balaban J connectivity index is 2.23. The molecule has 0 aliphatic carbocycles. The van der Waals surface area contributed by atoms with Crippen molar-refractivity contribution in [2.75, 3.05) is 5.88 Å². The molecule has 2 aromatic carbocycles. The summed E-state index contributed by atoms with van der Waals surface area (Å²) in [5.41, 5.74) is 2.13. The van der Waals surface area contributed by atoms with E-state index in [2.05, 4.69) is 22.0 Å². The summed E-state index contributed by atoms with van der Waals surface area (Å²) in [5, 5.41) is 0. The molecule has 0 heterocycles. The van der Waals surface area contributed by atoms with Gasteiger partial charge in [-0.05, 0) is 35.7 Å². The van der Waals surface area contributed by atoms with Crippen molar-refractivity contribution >= 4 is 27.5 Å². The SMILES string of the molecule is Fc1cccc(C(CCl)Cc2ccccc2Br)c1. The minimum absolute atomic E-state index is 0.126. The van der Waals surface area contributed by atoms with Crippen LogP contribution in [0.4, 0.5) is 4.39 Å². The van der Waals surface area contributed by atoms with Crippen LogP contribution in [0.25, 0.3) is 0 Å². The summed E-state index contributed by atoms with van der Waals surface area (Å²) in [7, 11) is 0. The van der Waals surface area contributed by atoms with Crippen LogP contribution in [-0.2, 0) is 6.42 Å². The first-order chi connectivity index (χ1) is 8.70. The highest BCUT2D eigenvalue weighted by atomic mass is 79.9. The summed E-state index contributed by atoms with van der Waals surface area (Å²) < 4.78 is 14.3. The van der Waals surface area contributed by atoms with E-state index in [9.17, 15) is 4.39 Å². The zero-order chi connectivity index (χ0) is 13.0. The molecule has 94 valence electrons. The van der Waals surface area contributed by atoms with E-state index in [-0.39, 0.29) is 11.7 Å². The Labute approximate surface area is 120 Å². The van der Waals surface area contributed by atoms with Gasteiger partial charge in [0.25, 0.3) is 0 Å². The van der Waals surface area contributed by atoms with Crippen LogP contribution >= 0.6 is 27.5 Å². The van der Waals surface area contributed by atoms with Crippen molar-refractivity contribution < 1.29 is 4.39 Å². The zero-order valence-corrected chi connectivity index (χ0v) is 12.1. The van der Waals surface area contributed by atoms with Crippen molar-refractivity contribution in [3.05, 3.63) is 69.9 Å². The second-order valence-electron chi connectivity index (χ2n) is 4.20. The van der Waals surface area contributed by atoms with Crippen LogP contribution in [0.2, 0.25) is 0 Å². The molecule has 0 saturated heterocycles. The Hall–Kier alpha value is -0.860. The molecule has 0 saturated carbocycles. The molecule has 0 fully saturated rings. The number of hydrogen-bond donors (Lipinski definition) is 0. The van der Waals surface area contributed by atoms with Crippen LogP contribution < -0.4 is 0 Å². The van der Waals surface area contributed by atoms with Gasteiger partial charge >= 0.3 is 0 Å². The molecule has 0 amide bonds. The van der Waals surface area contributed by atoms with E-state index < -0.39 is 0 Å². The van der Waals surface area contributed by atoms with Gasteiger partial charge in [-0.2, -0.15) is 0 Å². The quantitative estimate of drug-likeness (QED) is 0.681. The van der Waals surface area contributed by atoms with E-state index in [1.54, 1.807) is 12.1 Å². The van der Waals surface area contributed by atoms with Crippen LogP contribution in [0, 0.1) is 5.82 Å². The molecule has 0 bridgehead atoms. The summed E-state index contributed by atoms with van der Waals surface area (Å²) in [4.78, 5) is 0. The molecule has 3 heteroatoms. The lowest BCUT2D eigenvalue weighted by Gasteiger charge is -2.15. The highest BCUT2D eigenvalue weighted by Crippen LogP contribution is 2.26. The van der Waals surface area contributed by atoms with Gasteiger partial charge < -0.3 is 0 Å². The average Bonchev–Trinajstić information content (AvgIpc) is 2.38. The first kappa shape index (κ1) is 13.6. The van der Waals surface area contributed by atoms with E-state index >= 15 is 0 Å². The third-order valence-electron chi connectivity index (χ3n) is 2.93. The highest BCUT2D eigenvalue weighted by Gasteiger charge is 2.13. The number of halogens is 3. The van der Waals surface area contributed by atoms with E-state index in [0.717, 1.165) is 16.5 Å². The normalized spacial score (nSPS) is 12.4. The van der Waals surface area contributed by atoms with Crippen molar-refractivity contribution in [1.82, 2.24) is 0 Å². The van der Waals surface area contributed by atoms with Crippen LogP contribution in [0.3, 0.4) is 0 Å².